The van der Waals surface area contributed by atoms with Crippen molar-refractivity contribution in [1.82, 2.24) is 0 Å². The molecule has 20 rings (SSSR count). The first-order valence-electron chi connectivity index (χ1n) is 39.5. The zero-order valence-corrected chi connectivity index (χ0v) is 69.6. The van der Waals surface area contributed by atoms with Crippen molar-refractivity contribution >= 4 is 132 Å². The van der Waals surface area contributed by atoms with Gasteiger partial charge >= 0.3 is 0 Å². The molecular formula is C105H85N10O5+5. The van der Waals surface area contributed by atoms with E-state index in [1.807, 2.05) is 234 Å². The molecule has 15 heteroatoms. The van der Waals surface area contributed by atoms with Gasteiger partial charge in [-0.05, 0) is 229 Å². The highest BCUT2D eigenvalue weighted by Crippen LogP contribution is 2.47. The molecule has 10 aromatic heterocycles. The summed E-state index contributed by atoms with van der Waals surface area (Å²) < 4.78 is 40.6. The number of benzene rings is 10. The molecule has 0 aliphatic rings. The Kier molecular flexibility index (Phi) is 20.8. The fourth-order valence-electron chi connectivity index (χ4n) is 16.6. The van der Waals surface area contributed by atoms with E-state index in [-0.39, 0.29) is 0 Å². The predicted molar refractivity (Wildman–Crippen MR) is 479 cm³/mol. The van der Waals surface area contributed by atoms with Gasteiger partial charge in [0.25, 0.3) is 0 Å². The monoisotopic (exact) mass is 1570 g/mol. The molecule has 20 aromatic rings. The van der Waals surface area contributed by atoms with Gasteiger partial charge in [-0.3, -0.25) is 0 Å². The number of hydrogen-bond acceptors (Lipinski definition) is 6. The normalized spacial score (nSPS) is 11.1. The summed E-state index contributed by atoms with van der Waals surface area (Å²) in [5.41, 5.74) is 32.9. The Bertz CT molecular complexity index is 7800. The largest absolute Gasteiger partial charge is 0.467 e. The van der Waals surface area contributed by atoms with Crippen LogP contribution < -0.4 is 22.8 Å². The molecule has 580 valence electrons. The van der Waals surface area contributed by atoms with Crippen LogP contribution in [0.25, 0.3) is 185 Å². The van der Waals surface area contributed by atoms with Gasteiger partial charge < -0.3 is 22.1 Å². The lowest BCUT2D eigenvalue weighted by Crippen LogP contribution is -2.30. The van der Waals surface area contributed by atoms with Crippen molar-refractivity contribution in [1.29, 1.82) is 5.26 Å². The van der Waals surface area contributed by atoms with E-state index in [4.69, 9.17) is 48.4 Å². The molecule has 0 spiro atoms. The first-order valence-corrected chi connectivity index (χ1v) is 39.5. The van der Waals surface area contributed by atoms with E-state index in [1.165, 1.54) is 16.7 Å². The number of aromatic nitrogens is 5. The minimum atomic E-state index is 0.584. The van der Waals surface area contributed by atoms with E-state index >= 15 is 0 Å². The number of nitrogens with zero attached hydrogens (tertiary/aromatic N) is 10. The van der Waals surface area contributed by atoms with Crippen LogP contribution in [-0.2, 0) is 35.2 Å². The fourth-order valence-corrected chi connectivity index (χ4v) is 16.6. The van der Waals surface area contributed by atoms with Crippen molar-refractivity contribution in [3.63, 3.8) is 0 Å². The highest BCUT2D eigenvalue weighted by molar-refractivity contribution is 6.17. The average molecular weight is 1570 g/mol. The molecule has 0 saturated carbocycles. The van der Waals surface area contributed by atoms with Gasteiger partial charge in [0.15, 0.2) is 47.9 Å². The third-order valence-corrected chi connectivity index (χ3v) is 22.7. The molecule has 0 amide bonds. The quantitative estimate of drug-likeness (QED) is 0.125. The van der Waals surface area contributed by atoms with Gasteiger partial charge in [0.05, 0.1) is 43.0 Å². The van der Waals surface area contributed by atoms with Crippen molar-refractivity contribution < 1.29 is 44.9 Å². The molecule has 10 heterocycles. The van der Waals surface area contributed by atoms with E-state index in [1.54, 1.807) is 0 Å². The summed E-state index contributed by atoms with van der Waals surface area (Å²) in [5, 5.41) is 19.4. The summed E-state index contributed by atoms with van der Waals surface area (Å²) in [4.78, 5) is 15.1. The molecule has 15 nitrogen and oxygen atoms in total. The number of rotatable bonds is 5. The second-order valence-electron chi connectivity index (χ2n) is 31.1. The number of nitriles is 1. The van der Waals surface area contributed by atoms with Crippen LogP contribution >= 0.6 is 0 Å². The molecule has 0 saturated heterocycles. The Balaban J connectivity index is 0.000000112. The van der Waals surface area contributed by atoms with Crippen LogP contribution in [0, 0.1) is 107 Å². The molecule has 0 atom stereocenters. The average Bonchev–Trinajstić information content (AvgIpc) is 1.60. The zero-order valence-electron chi connectivity index (χ0n) is 69.6. The lowest BCUT2D eigenvalue weighted by molar-refractivity contribution is -0.660. The molecule has 120 heavy (non-hydrogen) atoms. The molecule has 0 radical (unpaired) electrons. The summed E-state index contributed by atoms with van der Waals surface area (Å²) in [6.45, 7) is 50.8. The summed E-state index contributed by atoms with van der Waals surface area (Å²) in [7, 11) is 10.1. The van der Waals surface area contributed by atoms with Gasteiger partial charge in [-0.1, -0.05) is 48.0 Å². The minimum Gasteiger partial charge on any atom is -0.467 e. The SMILES string of the molecule is Cc1cc2oc3c(C#N)c(C)ccc3c2cc1-c1cccc[n+]1C.[C-]#[N+]c1c(-c2cccc[n+]2C)c(C)cc2c1oc1cc(C)ccc12.[C-]#[N+]c1c(-c2cccc[n+]2C)c(C)cc2oc3cc(C)ccc3c12.[C-]#[N+]c1cc(C)cc2oc3cc(C)c(-c4cccc[n+]4C)cc3c12.[C-]#[N+]c1cc2c(cc1C)oc1cc(C)c(-c3cccc[n+]3C)cc12. The highest BCUT2D eigenvalue weighted by Gasteiger charge is 2.27. The number of furan rings is 5. The summed E-state index contributed by atoms with van der Waals surface area (Å²) in [6.07, 6.45) is 10.1. The lowest BCUT2D eigenvalue weighted by Gasteiger charge is -2.08. The van der Waals surface area contributed by atoms with Crippen molar-refractivity contribution in [3.8, 4) is 62.4 Å². The Morgan fingerprint density at radius 2 is 0.658 bits per heavy atom. The molecule has 0 bridgehead atoms. The van der Waals surface area contributed by atoms with Gasteiger partial charge in [0.2, 0.25) is 39.8 Å². The lowest BCUT2D eigenvalue weighted by atomic mass is 9.98. The highest BCUT2D eigenvalue weighted by atomic mass is 16.3. The summed E-state index contributed by atoms with van der Waals surface area (Å²) in [6, 6.07) is 73.9. The number of aryl methyl sites for hydroxylation is 15. The van der Waals surface area contributed by atoms with E-state index < -0.39 is 0 Å². The zero-order chi connectivity index (χ0) is 84.2. The van der Waals surface area contributed by atoms with Gasteiger partial charge in [-0.15, -0.1) is 0 Å². The van der Waals surface area contributed by atoms with Gasteiger partial charge in [0, 0.05) is 131 Å². The Hall–Kier alpha value is -15.6. The number of hydrogen-bond donors (Lipinski definition) is 0. The smallest absolute Gasteiger partial charge is 0.243 e. The van der Waals surface area contributed by atoms with E-state index in [0.29, 0.717) is 39.5 Å². The molecule has 0 fully saturated rings. The van der Waals surface area contributed by atoms with Crippen molar-refractivity contribution in [2.75, 3.05) is 0 Å². The first kappa shape index (κ1) is 78.3. The van der Waals surface area contributed by atoms with Crippen LogP contribution in [0.4, 0.5) is 22.7 Å². The maximum absolute atomic E-state index is 9.45. The fraction of sp³-hybridized carbons (Fsp3) is 0.143. The van der Waals surface area contributed by atoms with E-state index in [0.717, 1.165) is 194 Å². The van der Waals surface area contributed by atoms with Crippen LogP contribution in [-0.4, -0.2) is 0 Å². The second kappa shape index (κ2) is 31.9. The molecule has 0 aliphatic heterocycles. The van der Waals surface area contributed by atoms with E-state index in [2.05, 4.69) is 162 Å². The Morgan fingerprint density at radius 3 is 1.16 bits per heavy atom. The van der Waals surface area contributed by atoms with Gasteiger partial charge in [0.1, 0.15) is 91.6 Å². The van der Waals surface area contributed by atoms with Gasteiger partial charge in [-0.2, -0.15) is 5.26 Å². The van der Waals surface area contributed by atoms with Crippen molar-refractivity contribution in [2.45, 2.75) is 69.2 Å². The number of pyridine rings is 5. The summed E-state index contributed by atoms with van der Waals surface area (Å²) in [5.74, 6) is 0. The summed E-state index contributed by atoms with van der Waals surface area (Å²) >= 11 is 0. The Labute approximate surface area is 695 Å². The van der Waals surface area contributed by atoms with Gasteiger partial charge in [-0.25, -0.2) is 42.2 Å². The molecule has 0 N–H and O–H groups in total. The Morgan fingerprint density at radius 1 is 0.275 bits per heavy atom. The van der Waals surface area contributed by atoms with Crippen LogP contribution in [0.5, 0.6) is 0 Å². The molecule has 0 aliphatic carbocycles. The van der Waals surface area contributed by atoms with Crippen LogP contribution in [0.15, 0.2) is 265 Å². The topological polar surface area (TPSA) is 126 Å². The van der Waals surface area contributed by atoms with Crippen molar-refractivity contribution in [2.24, 2.45) is 35.2 Å². The van der Waals surface area contributed by atoms with Crippen LogP contribution in [0.1, 0.15) is 61.2 Å². The standard InChI is InChI=1S/5C21H17N2O/c1-13-8-9-15-16-12-14(2)19(17-7-5-6-10-23(17)4)20(22-3)21(16)24-18(15)11-13;1-13-8-9-15-17(11-13)24-18-12-14(2)19(21(22-3)20(15)18)16-7-5-6-10-23(16)4;1-13-9-20-16(11-15(13)19-7-5-6-8-23(19)4)17-12-18(22-3)14(2)10-21(17)24-20;1-13-9-17(22-3)21-16-12-15(18-7-5-6-8-23(18)4)14(2)11-19(16)24-20(21)10-13;1-13-7-8-15-17-11-16(19-6-4-5-9-23(19)3)14(2)10-20(17)24-21(15)18(13)12-22/h4*5-12H,1-2,4H3;4-11H,1-3H3/q5*+1. The predicted octanol–water partition coefficient (Wildman–Crippen LogP) is 25.5. The number of fused-ring (bicyclic) bond motifs is 15. The maximum Gasteiger partial charge on any atom is 0.243 e. The minimum absolute atomic E-state index is 0.584. The molecular weight excluding hydrogens is 1480 g/mol. The third kappa shape index (κ3) is 14.2. The third-order valence-electron chi connectivity index (χ3n) is 22.7. The van der Waals surface area contributed by atoms with Crippen LogP contribution in [0.3, 0.4) is 0 Å². The van der Waals surface area contributed by atoms with Crippen LogP contribution in [0.2, 0.25) is 0 Å². The first-order chi connectivity index (χ1) is 57.9. The van der Waals surface area contributed by atoms with E-state index in [9.17, 15) is 5.26 Å². The maximum atomic E-state index is 9.45. The second-order valence-corrected chi connectivity index (χ2v) is 31.1. The molecule has 0 unspecified atom stereocenters. The van der Waals surface area contributed by atoms with Crippen molar-refractivity contribution in [3.05, 3.63) is 350 Å². The molecule has 10 aromatic carbocycles.